The Bertz CT molecular complexity index is 747. The molecule has 1 aliphatic rings. The standard InChI is InChI=1S/C20H29FN4O2.HI/c1-2-22-20(23-8-3-10-27-17-7-11-26-14-17)24-9-6-15-13-25-19-12-16(21)4-5-18(15)19;/h4-5,12-13,17,25H,2-3,6-11,14H2,1H3,(H2,22,23,24);1H. The number of nitrogens with one attached hydrogen (secondary N) is 3. The Balaban J connectivity index is 0.00000280. The zero-order chi connectivity index (χ0) is 18.9. The van der Waals surface area contributed by atoms with E-state index in [-0.39, 0.29) is 35.9 Å². The third-order valence-electron chi connectivity index (χ3n) is 4.57. The average Bonchev–Trinajstić information content (AvgIpc) is 3.31. The van der Waals surface area contributed by atoms with Crippen molar-refractivity contribution in [2.24, 2.45) is 4.99 Å². The molecule has 1 saturated heterocycles. The number of hydrogen-bond donors (Lipinski definition) is 3. The van der Waals surface area contributed by atoms with E-state index in [1.54, 1.807) is 0 Å². The number of benzene rings is 1. The summed E-state index contributed by atoms with van der Waals surface area (Å²) in [6.45, 7) is 6.57. The Kier molecular flexibility index (Phi) is 10.0. The van der Waals surface area contributed by atoms with Gasteiger partial charge in [-0.25, -0.2) is 4.39 Å². The highest BCUT2D eigenvalue weighted by Gasteiger charge is 2.15. The molecule has 1 fully saturated rings. The van der Waals surface area contributed by atoms with E-state index in [9.17, 15) is 4.39 Å². The van der Waals surface area contributed by atoms with Crippen LogP contribution in [0.15, 0.2) is 29.4 Å². The highest BCUT2D eigenvalue weighted by molar-refractivity contribution is 14.0. The molecule has 0 spiro atoms. The highest BCUT2D eigenvalue weighted by Crippen LogP contribution is 2.19. The summed E-state index contributed by atoms with van der Waals surface area (Å²) in [5.41, 5.74) is 2.00. The Labute approximate surface area is 182 Å². The summed E-state index contributed by atoms with van der Waals surface area (Å²) in [5.74, 6) is 0.590. The Morgan fingerprint density at radius 3 is 3.07 bits per heavy atom. The van der Waals surface area contributed by atoms with Crippen LogP contribution in [0.1, 0.15) is 25.3 Å². The second-order valence-electron chi connectivity index (χ2n) is 6.65. The number of H-pyrrole nitrogens is 1. The lowest BCUT2D eigenvalue weighted by Gasteiger charge is -2.12. The lowest BCUT2D eigenvalue weighted by Crippen LogP contribution is -2.38. The van der Waals surface area contributed by atoms with Crippen LogP contribution in [0.4, 0.5) is 4.39 Å². The number of ether oxygens (including phenoxy) is 2. The van der Waals surface area contributed by atoms with Gasteiger partial charge in [0.25, 0.3) is 0 Å². The summed E-state index contributed by atoms with van der Waals surface area (Å²) in [7, 11) is 0. The van der Waals surface area contributed by atoms with Crippen molar-refractivity contribution in [2.75, 3.05) is 39.5 Å². The topological polar surface area (TPSA) is 70.7 Å². The second kappa shape index (κ2) is 12.2. The summed E-state index contributed by atoms with van der Waals surface area (Å²) in [6.07, 6.45) is 4.92. The van der Waals surface area contributed by atoms with Crippen LogP contribution in [0.2, 0.25) is 0 Å². The first-order valence-corrected chi connectivity index (χ1v) is 9.73. The van der Waals surface area contributed by atoms with Gasteiger partial charge in [-0.1, -0.05) is 0 Å². The van der Waals surface area contributed by atoms with E-state index in [1.165, 1.54) is 17.7 Å². The van der Waals surface area contributed by atoms with Gasteiger partial charge in [-0.05, 0) is 49.9 Å². The van der Waals surface area contributed by atoms with E-state index in [0.29, 0.717) is 13.2 Å². The molecule has 3 N–H and O–H groups in total. The molecule has 0 saturated carbocycles. The number of hydrogen-bond acceptors (Lipinski definition) is 3. The fourth-order valence-electron chi connectivity index (χ4n) is 3.17. The third-order valence-corrected chi connectivity index (χ3v) is 4.57. The van der Waals surface area contributed by atoms with Gasteiger partial charge in [0.2, 0.25) is 0 Å². The van der Waals surface area contributed by atoms with E-state index in [4.69, 9.17) is 9.47 Å². The van der Waals surface area contributed by atoms with E-state index in [0.717, 1.165) is 62.4 Å². The van der Waals surface area contributed by atoms with E-state index in [2.05, 4.69) is 27.5 Å². The summed E-state index contributed by atoms with van der Waals surface area (Å²) in [6, 6.07) is 4.85. The van der Waals surface area contributed by atoms with Crippen molar-refractivity contribution in [3.63, 3.8) is 0 Å². The number of aromatic nitrogens is 1. The smallest absolute Gasteiger partial charge is 0.191 e. The molecule has 1 aromatic heterocycles. The molecule has 6 nitrogen and oxygen atoms in total. The largest absolute Gasteiger partial charge is 0.379 e. The minimum atomic E-state index is -0.222. The Morgan fingerprint density at radius 2 is 2.29 bits per heavy atom. The summed E-state index contributed by atoms with van der Waals surface area (Å²) in [4.78, 5) is 7.72. The van der Waals surface area contributed by atoms with Gasteiger partial charge in [0, 0.05) is 49.9 Å². The molecule has 0 amide bonds. The van der Waals surface area contributed by atoms with Crippen molar-refractivity contribution < 1.29 is 13.9 Å². The van der Waals surface area contributed by atoms with E-state index >= 15 is 0 Å². The summed E-state index contributed by atoms with van der Waals surface area (Å²) < 4.78 is 24.3. The number of halogens is 2. The predicted octanol–water partition coefficient (Wildman–Crippen LogP) is 3.22. The molecule has 2 aromatic rings. The Hall–Kier alpha value is -1.39. The normalized spacial score (nSPS) is 16.9. The van der Waals surface area contributed by atoms with Crippen LogP contribution in [0.25, 0.3) is 10.9 Å². The maximum atomic E-state index is 13.3. The van der Waals surface area contributed by atoms with Crippen molar-refractivity contribution in [3.8, 4) is 0 Å². The first kappa shape index (κ1) is 22.9. The molecule has 1 aromatic carbocycles. The predicted molar refractivity (Wildman–Crippen MR) is 121 cm³/mol. The minimum absolute atomic E-state index is 0. The summed E-state index contributed by atoms with van der Waals surface area (Å²) in [5, 5.41) is 7.68. The molecule has 28 heavy (non-hydrogen) atoms. The maximum Gasteiger partial charge on any atom is 0.191 e. The van der Waals surface area contributed by atoms with Gasteiger partial charge >= 0.3 is 0 Å². The van der Waals surface area contributed by atoms with Gasteiger partial charge in [0.1, 0.15) is 5.82 Å². The molecule has 156 valence electrons. The van der Waals surface area contributed by atoms with E-state index < -0.39 is 0 Å². The van der Waals surface area contributed by atoms with Gasteiger partial charge < -0.3 is 25.1 Å². The first-order valence-electron chi connectivity index (χ1n) is 9.73. The first-order chi connectivity index (χ1) is 13.3. The van der Waals surface area contributed by atoms with Gasteiger partial charge in [0.15, 0.2) is 5.96 Å². The van der Waals surface area contributed by atoms with Crippen molar-refractivity contribution >= 4 is 40.8 Å². The van der Waals surface area contributed by atoms with Gasteiger partial charge in [-0.3, -0.25) is 4.99 Å². The monoisotopic (exact) mass is 504 g/mol. The molecule has 0 aliphatic carbocycles. The fraction of sp³-hybridized carbons (Fsp3) is 0.550. The number of nitrogens with zero attached hydrogens (tertiary/aromatic N) is 1. The van der Waals surface area contributed by atoms with Crippen molar-refractivity contribution in [2.45, 2.75) is 32.3 Å². The van der Waals surface area contributed by atoms with Crippen LogP contribution >= 0.6 is 24.0 Å². The zero-order valence-electron chi connectivity index (χ0n) is 16.3. The van der Waals surface area contributed by atoms with Crippen molar-refractivity contribution in [3.05, 3.63) is 35.8 Å². The lowest BCUT2D eigenvalue weighted by molar-refractivity contribution is 0.0424. The average molecular weight is 504 g/mol. The van der Waals surface area contributed by atoms with Crippen LogP contribution in [0, 0.1) is 5.82 Å². The number of fused-ring (bicyclic) bond motifs is 1. The van der Waals surface area contributed by atoms with Crippen LogP contribution in [0.3, 0.4) is 0 Å². The van der Waals surface area contributed by atoms with E-state index in [1.807, 2.05) is 12.3 Å². The minimum Gasteiger partial charge on any atom is -0.379 e. The van der Waals surface area contributed by atoms with Gasteiger partial charge in [0.05, 0.1) is 12.7 Å². The fourth-order valence-corrected chi connectivity index (χ4v) is 3.17. The molecule has 1 atom stereocenters. The van der Waals surface area contributed by atoms with Gasteiger partial charge in [-0.2, -0.15) is 0 Å². The van der Waals surface area contributed by atoms with Crippen LogP contribution < -0.4 is 10.6 Å². The van der Waals surface area contributed by atoms with Crippen molar-refractivity contribution in [1.29, 1.82) is 0 Å². The quantitative estimate of drug-likeness (QED) is 0.212. The molecule has 0 bridgehead atoms. The molecule has 0 radical (unpaired) electrons. The molecule has 3 rings (SSSR count). The van der Waals surface area contributed by atoms with Crippen LogP contribution in [-0.2, 0) is 15.9 Å². The maximum absolute atomic E-state index is 13.3. The summed E-state index contributed by atoms with van der Waals surface area (Å²) >= 11 is 0. The number of aliphatic imine (C=N–C) groups is 1. The van der Waals surface area contributed by atoms with Crippen LogP contribution in [-0.4, -0.2) is 56.5 Å². The van der Waals surface area contributed by atoms with Gasteiger partial charge in [-0.15, -0.1) is 24.0 Å². The number of rotatable bonds is 9. The zero-order valence-corrected chi connectivity index (χ0v) is 18.6. The molecule has 1 aliphatic heterocycles. The van der Waals surface area contributed by atoms with Crippen molar-refractivity contribution in [1.82, 2.24) is 15.6 Å². The molecular formula is C20H30FIN4O2. The van der Waals surface area contributed by atoms with Crippen LogP contribution in [0.5, 0.6) is 0 Å². The number of guanidine groups is 1. The number of aromatic amines is 1. The molecule has 8 heteroatoms. The molecular weight excluding hydrogens is 474 g/mol. The SMILES string of the molecule is CCNC(=NCCCOC1CCOC1)NCCc1c[nH]c2cc(F)ccc12.I. The third kappa shape index (κ3) is 6.89. The molecule has 2 heterocycles. The Morgan fingerprint density at radius 1 is 1.39 bits per heavy atom. The second-order valence-corrected chi connectivity index (χ2v) is 6.65. The highest BCUT2D eigenvalue weighted by atomic mass is 127. The lowest BCUT2D eigenvalue weighted by atomic mass is 10.1. The molecule has 1 unspecified atom stereocenters.